The Morgan fingerprint density at radius 1 is 0.931 bits per heavy atom. The number of piperidine rings is 1. The van der Waals surface area contributed by atoms with Crippen molar-refractivity contribution >= 4 is 11.8 Å². The highest BCUT2D eigenvalue weighted by atomic mass is 16.2. The summed E-state index contributed by atoms with van der Waals surface area (Å²) in [5, 5.41) is 3.26. The summed E-state index contributed by atoms with van der Waals surface area (Å²) in [4.78, 5) is 32.6. The van der Waals surface area contributed by atoms with Crippen LogP contribution in [0.15, 0.2) is 0 Å². The van der Waals surface area contributed by atoms with E-state index < -0.39 is 0 Å². The maximum atomic E-state index is 13.2. The van der Waals surface area contributed by atoms with Crippen LogP contribution in [0, 0.1) is 11.8 Å². The molecule has 1 saturated carbocycles. The van der Waals surface area contributed by atoms with Gasteiger partial charge in [-0.15, -0.1) is 0 Å². The van der Waals surface area contributed by atoms with Crippen LogP contribution < -0.4 is 5.32 Å². The van der Waals surface area contributed by atoms with Crippen LogP contribution in [0.3, 0.4) is 0 Å². The van der Waals surface area contributed by atoms with Crippen molar-refractivity contribution in [1.82, 2.24) is 20.0 Å². The van der Waals surface area contributed by atoms with Crippen molar-refractivity contribution in [2.45, 2.75) is 71.3 Å². The first-order valence-corrected chi connectivity index (χ1v) is 12.1. The third-order valence-electron chi connectivity index (χ3n) is 7.34. The number of carbonyl (C=O) groups excluding carboxylic acids is 2. The number of nitrogens with zero attached hydrogens (tertiary/aromatic N) is 3. The first-order chi connectivity index (χ1) is 14.1. The highest BCUT2D eigenvalue weighted by Crippen LogP contribution is 2.31. The summed E-state index contributed by atoms with van der Waals surface area (Å²) in [7, 11) is 0. The quantitative estimate of drug-likeness (QED) is 0.672. The van der Waals surface area contributed by atoms with E-state index in [0.717, 1.165) is 58.5 Å². The Labute approximate surface area is 177 Å². The van der Waals surface area contributed by atoms with E-state index in [1.165, 1.54) is 45.2 Å². The predicted molar refractivity (Wildman–Crippen MR) is 117 cm³/mol. The summed E-state index contributed by atoms with van der Waals surface area (Å²) in [6.45, 7) is 11.3. The molecule has 2 atom stereocenters. The maximum Gasteiger partial charge on any atom is 0.237 e. The smallest absolute Gasteiger partial charge is 0.237 e. The van der Waals surface area contributed by atoms with Crippen LogP contribution in [-0.2, 0) is 9.59 Å². The number of likely N-dealkylation sites (tertiary alicyclic amines) is 1. The zero-order chi connectivity index (χ0) is 20.6. The van der Waals surface area contributed by atoms with Crippen LogP contribution in [0.2, 0.25) is 0 Å². The standard InChI is InChI=1S/C23H42N4O2/c1-3-19(2)23(29)27-17-15-26(16-18-27)21(20-9-5-6-10-20)22(28)24-11-14-25-12-7-4-8-13-25/h19-21H,3-18H2,1-2H3,(H,24,28)/t19-,21-/m1/s1. The van der Waals surface area contributed by atoms with E-state index in [9.17, 15) is 9.59 Å². The van der Waals surface area contributed by atoms with Gasteiger partial charge < -0.3 is 15.1 Å². The number of rotatable bonds is 8. The molecule has 0 aromatic carbocycles. The van der Waals surface area contributed by atoms with Crippen molar-refractivity contribution in [3.8, 4) is 0 Å². The van der Waals surface area contributed by atoms with E-state index in [1.807, 2.05) is 11.8 Å². The molecule has 3 aliphatic rings. The second kappa shape index (κ2) is 11.3. The van der Waals surface area contributed by atoms with Gasteiger partial charge in [0.2, 0.25) is 11.8 Å². The Balaban J connectivity index is 1.52. The first-order valence-electron chi connectivity index (χ1n) is 12.1. The fourth-order valence-electron chi connectivity index (χ4n) is 5.28. The Bertz CT molecular complexity index is 521. The Hall–Kier alpha value is -1.14. The molecule has 6 nitrogen and oxygen atoms in total. The lowest BCUT2D eigenvalue weighted by Crippen LogP contribution is -2.58. The molecule has 0 bridgehead atoms. The van der Waals surface area contributed by atoms with E-state index in [0.29, 0.717) is 5.92 Å². The molecule has 0 radical (unpaired) electrons. The number of carbonyl (C=O) groups is 2. The Kier molecular flexibility index (Phi) is 8.79. The summed E-state index contributed by atoms with van der Waals surface area (Å²) in [6, 6.07) is -0.0142. The summed E-state index contributed by atoms with van der Waals surface area (Å²) in [5.74, 6) is 1.07. The van der Waals surface area contributed by atoms with Gasteiger partial charge in [0.05, 0.1) is 6.04 Å². The number of nitrogens with one attached hydrogen (secondary N) is 1. The van der Waals surface area contributed by atoms with Crippen molar-refractivity contribution < 1.29 is 9.59 Å². The highest BCUT2D eigenvalue weighted by molar-refractivity contribution is 5.82. The third-order valence-corrected chi connectivity index (χ3v) is 7.34. The largest absolute Gasteiger partial charge is 0.353 e. The van der Waals surface area contributed by atoms with Gasteiger partial charge in [-0.2, -0.15) is 0 Å². The molecule has 29 heavy (non-hydrogen) atoms. The van der Waals surface area contributed by atoms with Gasteiger partial charge in [-0.3, -0.25) is 14.5 Å². The minimum Gasteiger partial charge on any atom is -0.353 e. The van der Waals surface area contributed by atoms with E-state index in [-0.39, 0.29) is 23.8 Å². The van der Waals surface area contributed by atoms with Gasteiger partial charge in [-0.05, 0) is 51.1 Å². The molecular formula is C23H42N4O2. The molecule has 6 heteroatoms. The summed E-state index contributed by atoms with van der Waals surface area (Å²) in [6.07, 6.45) is 9.63. The van der Waals surface area contributed by atoms with Crippen LogP contribution in [0.4, 0.5) is 0 Å². The SMILES string of the molecule is CC[C@@H](C)C(=O)N1CCN([C@@H](C(=O)NCCN2CCCCC2)C2CCCC2)CC1. The van der Waals surface area contributed by atoms with Crippen LogP contribution in [0.5, 0.6) is 0 Å². The molecule has 2 amide bonds. The van der Waals surface area contributed by atoms with E-state index in [4.69, 9.17) is 0 Å². The molecule has 0 unspecified atom stereocenters. The Morgan fingerprint density at radius 3 is 2.21 bits per heavy atom. The monoisotopic (exact) mass is 406 g/mol. The van der Waals surface area contributed by atoms with Gasteiger partial charge in [0.1, 0.15) is 0 Å². The Morgan fingerprint density at radius 2 is 1.59 bits per heavy atom. The minimum atomic E-state index is -0.0142. The van der Waals surface area contributed by atoms with Crippen LogP contribution in [0.1, 0.15) is 65.2 Å². The summed E-state index contributed by atoms with van der Waals surface area (Å²) in [5.41, 5.74) is 0. The minimum absolute atomic E-state index is 0.0142. The molecule has 2 aliphatic heterocycles. The number of amides is 2. The molecule has 1 N–H and O–H groups in total. The first kappa shape index (κ1) is 22.5. The molecule has 166 valence electrons. The lowest BCUT2D eigenvalue weighted by molar-refractivity contribution is -0.138. The normalized spacial score (nSPS) is 24.4. The second-order valence-corrected chi connectivity index (χ2v) is 9.35. The average molecular weight is 407 g/mol. The molecule has 0 aromatic heterocycles. The third kappa shape index (κ3) is 6.17. The zero-order valence-electron chi connectivity index (χ0n) is 18.7. The van der Waals surface area contributed by atoms with Crippen molar-refractivity contribution in [2.75, 3.05) is 52.4 Å². The van der Waals surface area contributed by atoms with Gasteiger partial charge in [-0.1, -0.05) is 33.1 Å². The molecule has 3 rings (SSSR count). The molecule has 0 aromatic rings. The van der Waals surface area contributed by atoms with Crippen LogP contribution >= 0.6 is 0 Å². The van der Waals surface area contributed by atoms with E-state index in [1.54, 1.807) is 0 Å². The molecule has 3 fully saturated rings. The molecule has 2 saturated heterocycles. The van der Waals surface area contributed by atoms with E-state index >= 15 is 0 Å². The van der Waals surface area contributed by atoms with Gasteiger partial charge in [0, 0.05) is 45.2 Å². The van der Waals surface area contributed by atoms with Crippen molar-refractivity contribution in [2.24, 2.45) is 11.8 Å². The average Bonchev–Trinajstić information content (AvgIpc) is 3.28. The van der Waals surface area contributed by atoms with Gasteiger partial charge in [-0.25, -0.2) is 0 Å². The van der Waals surface area contributed by atoms with E-state index in [2.05, 4.69) is 22.0 Å². The lowest BCUT2D eigenvalue weighted by atomic mass is 9.94. The topological polar surface area (TPSA) is 55.9 Å². The second-order valence-electron chi connectivity index (χ2n) is 9.35. The number of hydrogen-bond donors (Lipinski definition) is 1. The highest BCUT2D eigenvalue weighted by Gasteiger charge is 2.37. The number of piperazine rings is 1. The van der Waals surface area contributed by atoms with Crippen molar-refractivity contribution in [3.63, 3.8) is 0 Å². The van der Waals surface area contributed by atoms with Gasteiger partial charge in [0.25, 0.3) is 0 Å². The fourth-order valence-corrected chi connectivity index (χ4v) is 5.28. The van der Waals surface area contributed by atoms with Gasteiger partial charge >= 0.3 is 0 Å². The number of hydrogen-bond acceptors (Lipinski definition) is 4. The predicted octanol–water partition coefficient (Wildman–Crippen LogP) is 2.34. The van der Waals surface area contributed by atoms with Crippen LogP contribution in [-0.4, -0.2) is 84.9 Å². The molecule has 2 heterocycles. The summed E-state index contributed by atoms with van der Waals surface area (Å²) >= 11 is 0. The molecule has 1 aliphatic carbocycles. The molecule has 0 spiro atoms. The maximum absolute atomic E-state index is 13.2. The fraction of sp³-hybridized carbons (Fsp3) is 0.913. The van der Waals surface area contributed by atoms with Crippen molar-refractivity contribution in [3.05, 3.63) is 0 Å². The molecular weight excluding hydrogens is 364 g/mol. The zero-order valence-corrected chi connectivity index (χ0v) is 18.7. The summed E-state index contributed by atoms with van der Waals surface area (Å²) < 4.78 is 0. The van der Waals surface area contributed by atoms with Crippen molar-refractivity contribution in [1.29, 1.82) is 0 Å². The lowest BCUT2D eigenvalue weighted by Gasteiger charge is -2.41. The van der Waals surface area contributed by atoms with Crippen LogP contribution in [0.25, 0.3) is 0 Å². The van der Waals surface area contributed by atoms with Gasteiger partial charge in [0.15, 0.2) is 0 Å².